The molecule has 3 nitrogen and oxygen atoms in total. The average molecular weight is 304 g/mol. The Hall–Kier alpha value is -0.360. The highest BCUT2D eigenvalue weighted by Crippen LogP contribution is 2.23. The normalized spacial score (nSPS) is 21.9. The molecule has 1 unspecified atom stereocenters. The van der Waals surface area contributed by atoms with Crippen LogP contribution < -0.4 is 8.38 Å². The number of pyridine rings is 1. The van der Waals surface area contributed by atoms with Gasteiger partial charge < -0.3 is 8.38 Å². The number of nitrogens with zero attached hydrogens (tertiary/aromatic N) is 1. The number of hydrogen-bond acceptors (Lipinski definition) is 3. The first kappa shape index (κ1) is 10.2. The molecule has 1 saturated heterocycles. The van der Waals surface area contributed by atoms with Crippen molar-refractivity contribution >= 4 is 23.0 Å². The van der Waals surface area contributed by atoms with E-state index in [1.165, 1.54) is 18.4 Å². The van der Waals surface area contributed by atoms with Gasteiger partial charge in [-0.1, -0.05) is 6.07 Å². The minimum absolute atomic E-state index is 0.625. The van der Waals surface area contributed by atoms with Crippen molar-refractivity contribution < 1.29 is 3.07 Å². The minimum atomic E-state index is 0.625. The van der Waals surface area contributed by atoms with E-state index in [0.717, 1.165) is 13.1 Å². The van der Waals surface area contributed by atoms with Crippen LogP contribution in [-0.4, -0.2) is 18.1 Å². The van der Waals surface area contributed by atoms with Gasteiger partial charge in [0.15, 0.2) is 23.0 Å². The van der Waals surface area contributed by atoms with Crippen molar-refractivity contribution in [3.05, 3.63) is 23.9 Å². The van der Waals surface area contributed by atoms with Gasteiger partial charge in [-0.15, -0.1) is 0 Å². The summed E-state index contributed by atoms with van der Waals surface area (Å²) in [5.74, 6) is 1.30. The van der Waals surface area contributed by atoms with Crippen LogP contribution in [0.2, 0.25) is 0 Å². The van der Waals surface area contributed by atoms with Crippen LogP contribution in [0.5, 0.6) is 5.88 Å². The van der Waals surface area contributed by atoms with E-state index < -0.39 is 0 Å². The summed E-state index contributed by atoms with van der Waals surface area (Å²) in [4.78, 5) is 4.21. The molecule has 0 saturated carbocycles. The minimum Gasteiger partial charge on any atom is -0.408 e. The van der Waals surface area contributed by atoms with Gasteiger partial charge in [0, 0.05) is 18.8 Å². The number of piperidine rings is 1. The van der Waals surface area contributed by atoms with Gasteiger partial charge in [-0.25, -0.2) is 4.98 Å². The molecule has 4 heteroatoms. The zero-order valence-corrected chi connectivity index (χ0v) is 10.0. The Morgan fingerprint density at radius 3 is 3.00 bits per heavy atom. The lowest BCUT2D eigenvalue weighted by molar-refractivity contribution is 0.460. The lowest BCUT2D eigenvalue weighted by atomic mass is 9.93. The van der Waals surface area contributed by atoms with Crippen LogP contribution >= 0.6 is 23.0 Å². The van der Waals surface area contributed by atoms with Crippen LogP contribution in [0.15, 0.2) is 18.3 Å². The molecular formula is C10H13IN2O. The second kappa shape index (κ2) is 4.93. The summed E-state index contributed by atoms with van der Waals surface area (Å²) in [5, 5.41) is 3.40. The van der Waals surface area contributed by atoms with Crippen molar-refractivity contribution in [2.45, 2.75) is 18.8 Å². The first-order valence-electron chi connectivity index (χ1n) is 4.85. The highest BCUT2D eigenvalue weighted by Gasteiger charge is 2.15. The predicted octanol–water partition coefficient (Wildman–Crippen LogP) is 2.28. The van der Waals surface area contributed by atoms with Crippen LogP contribution in [0.25, 0.3) is 0 Å². The van der Waals surface area contributed by atoms with Crippen LogP contribution in [0.4, 0.5) is 0 Å². The molecule has 0 aliphatic carbocycles. The third-order valence-corrected chi connectivity index (χ3v) is 3.06. The largest absolute Gasteiger partial charge is 0.408 e. The molecule has 2 heterocycles. The molecular weight excluding hydrogens is 291 g/mol. The van der Waals surface area contributed by atoms with Crippen LogP contribution in [0, 0.1) is 0 Å². The third-order valence-electron chi connectivity index (χ3n) is 2.61. The van der Waals surface area contributed by atoms with Gasteiger partial charge in [0.25, 0.3) is 0 Å². The molecule has 0 spiro atoms. The molecule has 1 aliphatic heterocycles. The smallest absolute Gasteiger partial charge is 0.224 e. The predicted molar refractivity (Wildman–Crippen MR) is 63.7 cm³/mol. The summed E-state index contributed by atoms with van der Waals surface area (Å²) in [7, 11) is 0. The monoisotopic (exact) mass is 304 g/mol. The maximum Gasteiger partial charge on any atom is 0.224 e. The Balaban J connectivity index is 2.07. The zero-order valence-electron chi connectivity index (χ0n) is 7.87. The molecule has 2 rings (SSSR count). The van der Waals surface area contributed by atoms with E-state index in [1.54, 1.807) is 0 Å². The SMILES string of the molecule is IOc1ccc(C2CCCNC2)cn1. The van der Waals surface area contributed by atoms with Crippen LogP contribution in [0.1, 0.15) is 24.3 Å². The Bertz CT molecular complexity index is 283. The first-order valence-corrected chi connectivity index (χ1v) is 5.73. The fraction of sp³-hybridized carbons (Fsp3) is 0.500. The maximum absolute atomic E-state index is 5.00. The molecule has 1 fully saturated rings. The van der Waals surface area contributed by atoms with E-state index in [-0.39, 0.29) is 0 Å². The van der Waals surface area contributed by atoms with Crippen molar-refractivity contribution in [3.8, 4) is 5.88 Å². The van der Waals surface area contributed by atoms with Gasteiger partial charge in [0.05, 0.1) is 0 Å². The summed E-state index contributed by atoms with van der Waals surface area (Å²) in [6, 6.07) is 4.04. The van der Waals surface area contributed by atoms with Gasteiger partial charge in [0.2, 0.25) is 5.88 Å². The Morgan fingerprint density at radius 1 is 1.50 bits per heavy atom. The average Bonchev–Trinajstić information content (AvgIpc) is 2.30. The lowest BCUT2D eigenvalue weighted by Gasteiger charge is -2.22. The summed E-state index contributed by atoms with van der Waals surface area (Å²) in [6.07, 6.45) is 4.44. The Labute approximate surface area is 97.9 Å². The van der Waals surface area contributed by atoms with E-state index in [2.05, 4.69) is 16.4 Å². The van der Waals surface area contributed by atoms with Gasteiger partial charge in [-0.3, -0.25) is 0 Å². The summed E-state index contributed by atoms with van der Waals surface area (Å²) >= 11 is 1.84. The summed E-state index contributed by atoms with van der Waals surface area (Å²) < 4.78 is 5.00. The second-order valence-corrected chi connectivity index (χ2v) is 3.99. The van der Waals surface area contributed by atoms with Gasteiger partial charge in [-0.05, 0) is 30.9 Å². The molecule has 0 bridgehead atoms. The second-order valence-electron chi connectivity index (χ2n) is 3.55. The number of rotatable bonds is 2. The van der Waals surface area contributed by atoms with E-state index >= 15 is 0 Å². The number of halogens is 1. The first-order chi connectivity index (χ1) is 6.90. The van der Waals surface area contributed by atoms with E-state index in [0.29, 0.717) is 11.8 Å². The van der Waals surface area contributed by atoms with Crippen molar-refractivity contribution in [3.63, 3.8) is 0 Å². The molecule has 1 aliphatic rings. The van der Waals surface area contributed by atoms with E-state index in [1.807, 2.05) is 35.3 Å². The maximum atomic E-state index is 5.00. The van der Waals surface area contributed by atoms with Crippen LogP contribution in [-0.2, 0) is 0 Å². The van der Waals surface area contributed by atoms with Gasteiger partial charge in [-0.2, -0.15) is 0 Å². The summed E-state index contributed by atoms with van der Waals surface area (Å²) in [6.45, 7) is 2.23. The van der Waals surface area contributed by atoms with E-state index in [4.69, 9.17) is 3.07 Å². The highest BCUT2D eigenvalue weighted by atomic mass is 127. The lowest BCUT2D eigenvalue weighted by Crippen LogP contribution is -2.28. The van der Waals surface area contributed by atoms with E-state index in [9.17, 15) is 0 Å². The van der Waals surface area contributed by atoms with Gasteiger partial charge >= 0.3 is 0 Å². The van der Waals surface area contributed by atoms with Crippen LogP contribution in [0.3, 0.4) is 0 Å². The number of aromatic nitrogens is 1. The third kappa shape index (κ3) is 2.36. The molecule has 0 aromatic carbocycles. The standard InChI is InChI=1S/C10H13IN2O/c11-14-10-4-3-9(7-13-10)8-2-1-5-12-6-8/h3-4,7-8,12H,1-2,5-6H2. The Kier molecular flexibility index (Phi) is 3.58. The molecule has 1 aromatic rings. The molecule has 14 heavy (non-hydrogen) atoms. The fourth-order valence-electron chi connectivity index (χ4n) is 1.82. The molecule has 1 aromatic heterocycles. The van der Waals surface area contributed by atoms with Gasteiger partial charge in [0.1, 0.15) is 0 Å². The van der Waals surface area contributed by atoms with Crippen molar-refractivity contribution in [2.24, 2.45) is 0 Å². The molecule has 0 amide bonds. The van der Waals surface area contributed by atoms with Crippen molar-refractivity contribution in [1.29, 1.82) is 0 Å². The number of nitrogens with one attached hydrogen (secondary N) is 1. The summed E-state index contributed by atoms with van der Waals surface area (Å²) in [5.41, 5.74) is 1.31. The zero-order chi connectivity index (χ0) is 9.80. The molecule has 0 radical (unpaired) electrons. The fourth-order valence-corrected chi connectivity index (χ4v) is 2.08. The molecule has 1 atom stereocenters. The quantitative estimate of drug-likeness (QED) is 0.851. The molecule has 1 N–H and O–H groups in total. The molecule has 76 valence electrons. The topological polar surface area (TPSA) is 34.1 Å². The highest BCUT2D eigenvalue weighted by molar-refractivity contribution is 14.1. The Morgan fingerprint density at radius 2 is 2.43 bits per heavy atom. The number of hydrogen-bond donors (Lipinski definition) is 1. The van der Waals surface area contributed by atoms with Crippen molar-refractivity contribution in [2.75, 3.05) is 13.1 Å². The van der Waals surface area contributed by atoms with Crippen molar-refractivity contribution in [1.82, 2.24) is 10.3 Å².